The van der Waals surface area contributed by atoms with Crippen molar-refractivity contribution in [3.8, 4) is 11.5 Å². The van der Waals surface area contributed by atoms with Crippen LogP contribution in [0.3, 0.4) is 0 Å². The Morgan fingerprint density at radius 2 is 1.25 bits per heavy atom. The minimum Gasteiger partial charge on any atom is -0.508 e. The highest BCUT2D eigenvalue weighted by molar-refractivity contribution is 5.85. The minimum atomic E-state index is 0. The maximum absolute atomic E-state index is 9.31. The number of nitrogens with one attached hydrogen (secondary N) is 2. The van der Waals surface area contributed by atoms with E-state index in [9.17, 15) is 10.2 Å². The van der Waals surface area contributed by atoms with E-state index in [1.165, 1.54) is 0 Å². The summed E-state index contributed by atoms with van der Waals surface area (Å²) >= 11 is 0. The van der Waals surface area contributed by atoms with Gasteiger partial charge in [-0.2, -0.15) is 4.98 Å². The normalized spacial score (nSPS) is 9.88. The summed E-state index contributed by atoms with van der Waals surface area (Å²) in [5.74, 6) is 1.51. The summed E-state index contributed by atoms with van der Waals surface area (Å²) in [5.41, 5.74) is 2.41. The number of hydrogen-bond acceptors (Lipinski definition) is 6. The fraction of sp³-hybridized carbons (Fsp3) is 0.0588. The number of rotatable bonds is 4. The second kappa shape index (κ2) is 7.52. The van der Waals surface area contributed by atoms with Crippen LogP contribution in [0.4, 0.5) is 23.1 Å². The molecule has 124 valence electrons. The van der Waals surface area contributed by atoms with Gasteiger partial charge in [0, 0.05) is 23.1 Å². The molecule has 3 rings (SSSR count). The van der Waals surface area contributed by atoms with Crippen LogP contribution in [0, 0.1) is 6.92 Å². The second-order valence-electron chi connectivity index (χ2n) is 5.06. The van der Waals surface area contributed by atoms with Gasteiger partial charge >= 0.3 is 0 Å². The summed E-state index contributed by atoms with van der Waals surface area (Å²) in [6.07, 6.45) is 0. The third kappa shape index (κ3) is 4.50. The molecule has 1 heterocycles. The lowest BCUT2D eigenvalue weighted by Crippen LogP contribution is -2.02. The van der Waals surface area contributed by atoms with Crippen molar-refractivity contribution in [2.24, 2.45) is 0 Å². The van der Waals surface area contributed by atoms with Crippen LogP contribution in [0.5, 0.6) is 11.5 Å². The summed E-state index contributed by atoms with van der Waals surface area (Å²) in [6.45, 7) is 1.88. The maximum Gasteiger partial charge on any atom is 0.229 e. The zero-order valence-corrected chi connectivity index (χ0v) is 13.7. The van der Waals surface area contributed by atoms with Crippen molar-refractivity contribution in [2.75, 3.05) is 10.6 Å². The van der Waals surface area contributed by atoms with E-state index in [1.807, 2.05) is 13.0 Å². The Morgan fingerprint density at radius 3 is 1.79 bits per heavy atom. The Labute approximate surface area is 145 Å². The largest absolute Gasteiger partial charge is 0.508 e. The first-order valence-corrected chi connectivity index (χ1v) is 7.06. The van der Waals surface area contributed by atoms with Gasteiger partial charge in [0.25, 0.3) is 0 Å². The molecule has 0 saturated heterocycles. The van der Waals surface area contributed by atoms with Crippen molar-refractivity contribution in [1.29, 1.82) is 0 Å². The lowest BCUT2D eigenvalue weighted by Gasteiger charge is -2.10. The van der Waals surface area contributed by atoms with Gasteiger partial charge < -0.3 is 20.8 Å². The molecule has 2 aromatic carbocycles. The predicted octanol–water partition coefficient (Wildman–Crippen LogP) is 4.11. The van der Waals surface area contributed by atoms with Crippen LogP contribution in [0.15, 0.2) is 54.6 Å². The number of phenolic OH excluding ortho intramolecular Hbond substituents is 2. The molecule has 0 bridgehead atoms. The summed E-state index contributed by atoms with van der Waals surface area (Å²) < 4.78 is 0. The SMILES string of the molecule is Cc1cc(Nc2ccc(O)cc2)nc(Nc2ccc(O)cc2)n1.Cl. The number of hydrogen-bond donors (Lipinski definition) is 4. The zero-order valence-electron chi connectivity index (χ0n) is 12.9. The molecule has 0 unspecified atom stereocenters. The van der Waals surface area contributed by atoms with Crippen molar-refractivity contribution in [3.05, 3.63) is 60.3 Å². The van der Waals surface area contributed by atoms with Crippen molar-refractivity contribution in [3.63, 3.8) is 0 Å². The van der Waals surface area contributed by atoms with E-state index in [-0.39, 0.29) is 23.9 Å². The molecule has 1 aromatic heterocycles. The van der Waals surface area contributed by atoms with Crippen LogP contribution in [0.25, 0.3) is 0 Å². The van der Waals surface area contributed by atoms with E-state index in [0.29, 0.717) is 11.8 Å². The Kier molecular flexibility index (Phi) is 5.44. The molecule has 6 nitrogen and oxygen atoms in total. The van der Waals surface area contributed by atoms with Gasteiger partial charge in [0.2, 0.25) is 5.95 Å². The van der Waals surface area contributed by atoms with Crippen molar-refractivity contribution in [1.82, 2.24) is 9.97 Å². The zero-order chi connectivity index (χ0) is 16.2. The Balaban J connectivity index is 0.00000208. The molecule has 4 N–H and O–H groups in total. The highest BCUT2D eigenvalue weighted by Crippen LogP contribution is 2.21. The minimum absolute atomic E-state index is 0. The van der Waals surface area contributed by atoms with Crippen LogP contribution in [-0.4, -0.2) is 20.2 Å². The van der Waals surface area contributed by atoms with Gasteiger partial charge in [-0.25, -0.2) is 4.98 Å². The van der Waals surface area contributed by atoms with Gasteiger partial charge in [-0.3, -0.25) is 0 Å². The van der Waals surface area contributed by atoms with E-state index in [4.69, 9.17) is 0 Å². The van der Waals surface area contributed by atoms with E-state index >= 15 is 0 Å². The van der Waals surface area contributed by atoms with Gasteiger partial charge in [-0.15, -0.1) is 12.4 Å². The first-order valence-electron chi connectivity index (χ1n) is 7.06. The number of halogens is 1. The third-order valence-corrected chi connectivity index (χ3v) is 3.12. The molecule has 0 aliphatic heterocycles. The van der Waals surface area contributed by atoms with Gasteiger partial charge in [-0.05, 0) is 55.5 Å². The van der Waals surface area contributed by atoms with Crippen LogP contribution < -0.4 is 10.6 Å². The van der Waals surface area contributed by atoms with Gasteiger partial charge in [0.1, 0.15) is 17.3 Å². The lowest BCUT2D eigenvalue weighted by atomic mass is 10.3. The molecule has 0 aliphatic carbocycles. The molecule has 3 aromatic rings. The van der Waals surface area contributed by atoms with Crippen LogP contribution in [0.1, 0.15) is 5.69 Å². The first-order chi connectivity index (χ1) is 11.1. The summed E-state index contributed by atoms with van der Waals surface area (Å²) in [7, 11) is 0. The fourth-order valence-corrected chi connectivity index (χ4v) is 2.05. The van der Waals surface area contributed by atoms with E-state index in [2.05, 4.69) is 20.6 Å². The number of nitrogens with zero attached hydrogens (tertiary/aromatic N) is 2. The van der Waals surface area contributed by atoms with Gasteiger partial charge in [0.05, 0.1) is 0 Å². The number of aromatic hydroxyl groups is 2. The topological polar surface area (TPSA) is 90.3 Å². The quantitative estimate of drug-likeness (QED) is 0.533. The molecule has 0 aliphatic rings. The van der Waals surface area contributed by atoms with Crippen molar-refractivity contribution < 1.29 is 10.2 Å². The van der Waals surface area contributed by atoms with Gasteiger partial charge in [0.15, 0.2) is 0 Å². The molecular formula is C17H17ClN4O2. The Morgan fingerprint density at radius 1 is 0.750 bits per heavy atom. The average molecular weight is 345 g/mol. The Bertz CT molecular complexity index is 742. The molecule has 0 spiro atoms. The number of aryl methyl sites for hydroxylation is 1. The van der Waals surface area contributed by atoms with Gasteiger partial charge in [-0.1, -0.05) is 0 Å². The fourth-order valence-electron chi connectivity index (χ4n) is 2.05. The van der Waals surface area contributed by atoms with Crippen LogP contribution >= 0.6 is 12.4 Å². The molecule has 0 radical (unpaired) electrons. The Hall–Kier alpha value is -2.99. The average Bonchev–Trinajstić information content (AvgIpc) is 2.51. The first kappa shape index (κ1) is 17.4. The monoisotopic (exact) mass is 344 g/mol. The molecule has 7 heteroatoms. The molecule has 0 saturated carbocycles. The maximum atomic E-state index is 9.31. The summed E-state index contributed by atoms with van der Waals surface area (Å²) in [4.78, 5) is 8.75. The second-order valence-corrected chi connectivity index (χ2v) is 5.06. The number of benzene rings is 2. The molecular weight excluding hydrogens is 328 g/mol. The van der Waals surface area contributed by atoms with E-state index < -0.39 is 0 Å². The molecule has 0 fully saturated rings. The number of anilines is 4. The highest BCUT2D eigenvalue weighted by Gasteiger charge is 2.04. The number of aromatic nitrogens is 2. The summed E-state index contributed by atoms with van der Waals surface area (Å²) in [5, 5.41) is 24.9. The third-order valence-electron chi connectivity index (χ3n) is 3.12. The standard InChI is InChI=1S/C17H16N4O2.ClH/c1-11-10-16(19-12-2-6-14(22)7-3-12)21-17(18-11)20-13-4-8-15(23)9-5-13;/h2-10,22-23H,1H3,(H2,18,19,20,21);1H. The molecule has 0 amide bonds. The van der Waals surface area contributed by atoms with Crippen molar-refractivity contribution in [2.45, 2.75) is 6.92 Å². The highest BCUT2D eigenvalue weighted by atomic mass is 35.5. The summed E-state index contributed by atoms with van der Waals surface area (Å²) in [6, 6.07) is 15.2. The molecule has 24 heavy (non-hydrogen) atoms. The number of phenols is 2. The smallest absolute Gasteiger partial charge is 0.229 e. The van der Waals surface area contributed by atoms with Crippen LogP contribution in [-0.2, 0) is 0 Å². The van der Waals surface area contributed by atoms with E-state index in [1.54, 1.807) is 48.5 Å². The van der Waals surface area contributed by atoms with Crippen molar-refractivity contribution >= 4 is 35.5 Å². The predicted molar refractivity (Wildman–Crippen MR) is 96.8 cm³/mol. The van der Waals surface area contributed by atoms with E-state index in [0.717, 1.165) is 17.1 Å². The lowest BCUT2D eigenvalue weighted by molar-refractivity contribution is 0.475. The molecule has 0 atom stereocenters. The van der Waals surface area contributed by atoms with Crippen LogP contribution in [0.2, 0.25) is 0 Å².